The van der Waals surface area contributed by atoms with Crippen LogP contribution in [-0.2, 0) is 26.8 Å². The minimum atomic E-state index is -4.05. The molecule has 0 aromatic heterocycles. The number of nitrogens with zero attached hydrogens (tertiary/aromatic N) is 2. The second-order valence-electron chi connectivity index (χ2n) is 11.4. The van der Waals surface area contributed by atoms with Crippen molar-refractivity contribution in [2.75, 3.05) is 23.9 Å². The number of fused-ring (bicyclic) bond motifs is 2. The maximum Gasteiger partial charge on any atom is 0.264 e. The molecule has 1 saturated heterocycles. The van der Waals surface area contributed by atoms with Gasteiger partial charge in [-0.05, 0) is 104 Å². The highest BCUT2D eigenvalue weighted by Crippen LogP contribution is 2.59. The lowest BCUT2D eigenvalue weighted by atomic mass is 9.68. The zero-order valence-corrected chi connectivity index (χ0v) is 24.5. The first-order valence-corrected chi connectivity index (χ1v) is 15.9. The van der Waals surface area contributed by atoms with Gasteiger partial charge in [0.15, 0.2) is 0 Å². The molecule has 42 heavy (non-hydrogen) atoms. The minimum Gasteiger partial charge on any atom is -0.369 e. The third-order valence-electron chi connectivity index (χ3n) is 8.82. The Bertz CT molecular complexity index is 1640. The van der Waals surface area contributed by atoms with Crippen LogP contribution in [0.5, 0.6) is 0 Å². The second kappa shape index (κ2) is 11.0. The molecule has 3 aromatic carbocycles. The summed E-state index contributed by atoms with van der Waals surface area (Å²) in [5, 5.41) is 3.49. The predicted molar refractivity (Wildman–Crippen MR) is 158 cm³/mol. The van der Waals surface area contributed by atoms with Crippen molar-refractivity contribution in [3.8, 4) is 0 Å². The minimum absolute atomic E-state index is 0.0188. The van der Waals surface area contributed by atoms with Crippen molar-refractivity contribution in [1.82, 2.24) is 10.2 Å². The van der Waals surface area contributed by atoms with Crippen LogP contribution in [0.2, 0.25) is 5.02 Å². The molecule has 2 amide bonds. The van der Waals surface area contributed by atoms with E-state index >= 15 is 0 Å². The summed E-state index contributed by atoms with van der Waals surface area (Å²) in [5.41, 5.74) is 7.48. The number of nitrogens with two attached hydrogens (primary N) is 1. The summed E-state index contributed by atoms with van der Waals surface area (Å²) < 4.78 is 43.7. The molecule has 2 heterocycles. The summed E-state index contributed by atoms with van der Waals surface area (Å²) >= 11 is 6.27. The molecule has 1 aliphatic carbocycles. The number of nitrogens with one attached hydrogen (secondary N) is 1. The normalized spacial score (nSPS) is 20.0. The molecule has 3 N–H and O–H groups in total. The molecule has 8 nitrogen and oxygen atoms in total. The van der Waals surface area contributed by atoms with Gasteiger partial charge >= 0.3 is 0 Å². The zero-order chi connectivity index (χ0) is 29.6. The molecule has 6 rings (SSSR count). The molecule has 0 radical (unpaired) electrons. The smallest absolute Gasteiger partial charge is 0.264 e. The van der Waals surface area contributed by atoms with E-state index < -0.39 is 27.2 Å². The molecule has 11 heteroatoms. The fraction of sp³-hybridized carbons (Fsp3) is 0.355. The number of likely N-dealkylation sites (tertiary alicyclic amines) is 1. The lowest BCUT2D eigenvalue weighted by molar-refractivity contribution is -0.119. The van der Waals surface area contributed by atoms with Crippen molar-refractivity contribution in [3.05, 3.63) is 94.3 Å². The summed E-state index contributed by atoms with van der Waals surface area (Å²) in [5.74, 6) is -1.07. The number of rotatable bonds is 8. The van der Waals surface area contributed by atoms with E-state index in [1.165, 1.54) is 16.4 Å². The first kappa shape index (κ1) is 28.6. The van der Waals surface area contributed by atoms with Crippen LogP contribution in [0.25, 0.3) is 0 Å². The number of anilines is 1. The fourth-order valence-corrected chi connectivity index (χ4v) is 8.67. The average molecular weight is 611 g/mol. The molecular formula is C31H32ClFN4O4S. The van der Waals surface area contributed by atoms with Crippen molar-refractivity contribution in [1.29, 1.82) is 0 Å². The Labute approximate surface area is 249 Å². The Morgan fingerprint density at radius 3 is 2.36 bits per heavy atom. The molecule has 1 saturated carbocycles. The monoisotopic (exact) mass is 610 g/mol. The van der Waals surface area contributed by atoms with Crippen LogP contribution < -0.4 is 15.4 Å². The van der Waals surface area contributed by atoms with Gasteiger partial charge in [0.1, 0.15) is 5.82 Å². The second-order valence-corrected chi connectivity index (χ2v) is 13.7. The standard InChI is InChI=1S/C31H32ClFN4O4S/c32-26-4-2-1-3-22(26)18-35-30(39)21-7-12-27-25(17-21)31(13-15-36(16-14-31)19-28(34)38)29(20-5-6-20)37(27)42(40,41)24-10-8-23(33)9-11-24/h1-4,7-12,17,20,29H,5-6,13-16,18-19H2,(H2,34,38)(H,35,39). The average Bonchev–Trinajstić information content (AvgIpc) is 3.77. The summed E-state index contributed by atoms with van der Waals surface area (Å²) in [6, 6.07) is 17.0. The molecule has 2 fully saturated rings. The van der Waals surface area contributed by atoms with E-state index in [9.17, 15) is 22.4 Å². The summed E-state index contributed by atoms with van der Waals surface area (Å²) in [7, 11) is -4.05. The van der Waals surface area contributed by atoms with E-state index in [4.69, 9.17) is 17.3 Å². The lowest BCUT2D eigenvalue weighted by Crippen LogP contribution is -2.54. The van der Waals surface area contributed by atoms with Gasteiger partial charge in [-0.2, -0.15) is 0 Å². The molecule has 0 bridgehead atoms. The fourth-order valence-electron chi connectivity index (χ4n) is 6.67. The lowest BCUT2D eigenvalue weighted by Gasteiger charge is -2.45. The first-order chi connectivity index (χ1) is 20.1. The number of hydrogen-bond donors (Lipinski definition) is 2. The highest BCUT2D eigenvalue weighted by Gasteiger charge is 2.60. The molecule has 220 valence electrons. The maximum absolute atomic E-state index is 14.2. The largest absolute Gasteiger partial charge is 0.369 e. The van der Waals surface area contributed by atoms with E-state index in [2.05, 4.69) is 5.32 Å². The van der Waals surface area contributed by atoms with Crippen LogP contribution in [-0.4, -0.2) is 50.8 Å². The SMILES string of the molecule is NC(=O)CN1CCC2(CC1)c1cc(C(=O)NCc3ccccc3Cl)ccc1N(S(=O)(=O)c1ccc(F)cc1)C2C1CC1. The number of carbonyl (C=O) groups is 2. The third kappa shape index (κ3) is 5.16. The van der Waals surface area contributed by atoms with Gasteiger partial charge in [-0.1, -0.05) is 29.8 Å². The number of sulfonamides is 1. The van der Waals surface area contributed by atoms with Crippen molar-refractivity contribution in [2.45, 2.75) is 48.6 Å². The third-order valence-corrected chi connectivity index (χ3v) is 11.0. The van der Waals surface area contributed by atoms with E-state index in [1.807, 2.05) is 29.2 Å². The van der Waals surface area contributed by atoms with Crippen molar-refractivity contribution >= 4 is 39.1 Å². The molecule has 2 aliphatic heterocycles. The van der Waals surface area contributed by atoms with Gasteiger partial charge in [0.2, 0.25) is 5.91 Å². The van der Waals surface area contributed by atoms with Crippen LogP contribution in [0.1, 0.15) is 47.2 Å². The number of benzene rings is 3. The van der Waals surface area contributed by atoms with Gasteiger partial charge in [0.25, 0.3) is 15.9 Å². The Balaban J connectivity index is 1.40. The van der Waals surface area contributed by atoms with Gasteiger partial charge in [0.05, 0.1) is 23.2 Å². The maximum atomic E-state index is 14.2. The number of halogens is 2. The number of piperidine rings is 1. The molecule has 3 aromatic rings. The van der Waals surface area contributed by atoms with Crippen molar-refractivity contribution < 1.29 is 22.4 Å². The molecule has 3 aliphatic rings. The number of primary amides is 1. The van der Waals surface area contributed by atoms with Crippen LogP contribution in [0.4, 0.5) is 10.1 Å². The highest BCUT2D eigenvalue weighted by atomic mass is 35.5. The Hall–Kier alpha value is -3.47. The summed E-state index contributed by atoms with van der Waals surface area (Å²) in [6.07, 6.45) is 3.00. The summed E-state index contributed by atoms with van der Waals surface area (Å²) in [6.45, 7) is 1.52. The van der Waals surface area contributed by atoms with E-state index in [0.29, 0.717) is 42.2 Å². The molecule has 1 atom stereocenters. The quantitative estimate of drug-likeness (QED) is 0.397. The number of carbonyl (C=O) groups excluding carboxylic acids is 2. The molecular weight excluding hydrogens is 579 g/mol. The Kier molecular flexibility index (Phi) is 7.49. The number of amides is 2. The van der Waals surface area contributed by atoms with Crippen LogP contribution in [0.15, 0.2) is 71.6 Å². The van der Waals surface area contributed by atoms with Gasteiger partial charge in [-0.25, -0.2) is 12.8 Å². The van der Waals surface area contributed by atoms with Gasteiger partial charge in [-0.15, -0.1) is 0 Å². The Morgan fingerprint density at radius 2 is 1.71 bits per heavy atom. The molecule has 1 unspecified atom stereocenters. The van der Waals surface area contributed by atoms with Crippen LogP contribution in [0.3, 0.4) is 0 Å². The highest BCUT2D eigenvalue weighted by molar-refractivity contribution is 7.92. The zero-order valence-electron chi connectivity index (χ0n) is 22.9. The first-order valence-electron chi connectivity index (χ1n) is 14.1. The Morgan fingerprint density at radius 1 is 1.02 bits per heavy atom. The number of hydrogen-bond acceptors (Lipinski definition) is 5. The van der Waals surface area contributed by atoms with Gasteiger partial charge in [-0.3, -0.25) is 18.8 Å². The van der Waals surface area contributed by atoms with Crippen molar-refractivity contribution in [2.24, 2.45) is 11.7 Å². The van der Waals surface area contributed by atoms with Gasteiger partial charge < -0.3 is 11.1 Å². The van der Waals surface area contributed by atoms with Crippen molar-refractivity contribution in [3.63, 3.8) is 0 Å². The van der Waals surface area contributed by atoms with E-state index in [-0.39, 0.29) is 35.9 Å². The van der Waals surface area contributed by atoms with Crippen LogP contribution >= 0.6 is 11.6 Å². The van der Waals surface area contributed by atoms with Gasteiger partial charge in [0, 0.05) is 22.5 Å². The predicted octanol–water partition coefficient (Wildman–Crippen LogP) is 4.22. The summed E-state index contributed by atoms with van der Waals surface area (Å²) in [4.78, 5) is 27.0. The topological polar surface area (TPSA) is 113 Å². The van der Waals surface area contributed by atoms with E-state index in [0.717, 1.165) is 36.1 Å². The molecule has 1 spiro atoms. The van der Waals surface area contributed by atoms with Crippen LogP contribution in [0, 0.1) is 11.7 Å². The van der Waals surface area contributed by atoms with E-state index in [1.54, 1.807) is 18.2 Å².